The SMILES string of the molecule is CCOC(=O)C1C(O)=C(C(O)c2ccccc2C)N(C(C)=O)C1c1ccccc1C. The highest BCUT2D eigenvalue weighted by molar-refractivity contribution is 5.83. The number of rotatable bonds is 5. The molecule has 1 amide bonds. The number of hydrogen-bond donors (Lipinski definition) is 2. The van der Waals surface area contributed by atoms with Crippen LogP contribution in [-0.2, 0) is 14.3 Å². The average Bonchev–Trinajstić information content (AvgIpc) is 3.01. The molecule has 6 nitrogen and oxygen atoms in total. The van der Waals surface area contributed by atoms with E-state index in [9.17, 15) is 19.8 Å². The Bertz CT molecular complexity index is 997. The van der Waals surface area contributed by atoms with E-state index >= 15 is 0 Å². The number of nitrogens with zero attached hydrogens (tertiary/aromatic N) is 1. The summed E-state index contributed by atoms with van der Waals surface area (Å²) >= 11 is 0. The van der Waals surface area contributed by atoms with Crippen molar-refractivity contribution in [1.82, 2.24) is 4.90 Å². The summed E-state index contributed by atoms with van der Waals surface area (Å²) in [5, 5.41) is 22.3. The van der Waals surface area contributed by atoms with Crippen LogP contribution in [0.2, 0.25) is 0 Å². The van der Waals surface area contributed by atoms with Crippen LogP contribution in [0.3, 0.4) is 0 Å². The summed E-state index contributed by atoms with van der Waals surface area (Å²) in [6.45, 7) is 6.89. The predicted molar refractivity (Wildman–Crippen MR) is 112 cm³/mol. The number of esters is 1. The fourth-order valence-electron chi connectivity index (χ4n) is 4.12. The first kappa shape index (κ1) is 21.6. The van der Waals surface area contributed by atoms with E-state index in [4.69, 9.17) is 4.74 Å². The molecule has 3 atom stereocenters. The van der Waals surface area contributed by atoms with E-state index in [0.29, 0.717) is 11.1 Å². The van der Waals surface area contributed by atoms with Gasteiger partial charge in [-0.3, -0.25) is 9.59 Å². The summed E-state index contributed by atoms with van der Waals surface area (Å²) in [6, 6.07) is 13.8. The summed E-state index contributed by atoms with van der Waals surface area (Å²) in [7, 11) is 0. The molecule has 158 valence electrons. The van der Waals surface area contributed by atoms with Crippen molar-refractivity contribution >= 4 is 11.9 Å². The lowest BCUT2D eigenvalue weighted by Crippen LogP contribution is -2.35. The molecule has 1 aliphatic heterocycles. The van der Waals surface area contributed by atoms with Gasteiger partial charge < -0.3 is 19.8 Å². The summed E-state index contributed by atoms with van der Waals surface area (Å²) < 4.78 is 5.22. The Morgan fingerprint density at radius 2 is 1.67 bits per heavy atom. The largest absolute Gasteiger partial charge is 0.509 e. The summed E-state index contributed by atoms with van der Waals surface area (Å²) in [5.41, 5.74) is 2.95. The Kier molecular flexibility index (Phi) is 6.27. The molecule has 0 bridgehead atoms. The molecule has 2 aromatic rings. The van der Waals surface area contributed by atoms with Gasteiger partial charge in [-0.15, -0.1) is 0 Å². The van der Waals surface area contributed by atoms with Crippen LogP contribution < -0.4 is 0 Å². The molecular formula is C24H27NO5. The summed E-state index contributed by atoms with van der Waals surface area (Å²) in [6.07, 6.45) is -1.28. The summed E-state index contributed by atoms with van der Waals surface area (Å²) in [4.78, 5) is 26.9. The predicted octanol–water partition coefficient (Wildman–Crippen LogP) is 3.89. The number of amides is 1. The molecule has 0 fully saturated rings. The van der Waals surface area contributed by atoms with Crippen molar-refractivity contribution in [2.24, 2.45) is 5.92 Å². The minimum atomic E-state index is -1.28. The van der Waals surface area contributed by atoms with Gasteiger partial charge in [-0.25, -0.2) is 0 Å². The second-order valence-corrected chi connectivity index (χ2v) is 7.45. The van der Waals surface area contributed by atoms with Gasteiger partial charge in [-0.05, 0) is 43.0 Å². The van der Waals surface area contributed by atoms with E-state index in [1.54, 1.807) is 19.1 Å². The highest BCUT2D eigenvalue weighted by Gasteiger charge is 2.50. The van der Waals surface area contributed by atoms with Crippen molar-refractivity contribution in [2.45, 2.75) is 39.8 Å². The number of benzene rings is 2. The van der Waals surface area contributed by atoms with E-state index in [1.807, 2.05) is 50.2 Å². The molecule has 3 rings (SSSR count). The van der Waals surface area contributed by atoms with Gasteiger partial charge in [0.2, 0.25) is 5.91 Å². The van der Waals surface area contributed by atoms with Crippen molar-refractivity contribution < 1.29 is 24.5 Å². The molecule has 1 aliphatic rings. The molecule has 0 aromatic heterocycles. The van der Waals surface area contributed by atoms with Crippen LogP contribution in [-0.4, -0.2) is 33.6 Å². The first-order valence-electron chi connectivity index (χ1n) is 9.98. The minimum absolute atomic E-state index is 0.0168. The zero-order valence-corrected chi connectivity index (χ0v) is 17.6. The third-order valence-electron chi connectivity index (χ3n) is 5.54. The van der Waals surface area contributed by atoms with E-state index in [1.165, 1.54) is 11.8 Å². The molecular weight excluding hydrogens is 382 g/mol. The molecule has 6 heteroatoms. The Balaban J connectivity index is 2.21. The van der Waals surface area contributed by atoms with E-state index in [2.05, 4.69) is 0 Å². The second-order valence-electron chi connectivity index (χ2n) is 7.45. The fraction of sp³-hybridized carbons (Fsp3) is 0.333. The van der Waals surface area contributed by atoms with Gasteiger partial charge in [0.25, 0.3) is 0 Å². The maximum atomic E-state index is 12.9. The van der Waals surface area contributed by atoms with E-state index in [0.717, 1.165) is 11.1 Å². The first-order valence-corrected chi connectivity index (χ1v) is 9.98. The van der Waals surface area contributed by atoms with Crippen LogP contribution in [0.1, 0.15) is 48.2 Å². The number of aliphatic hydroxyl groups excluding tert-OH is 2. The monoisotopic (exact) mass is 409 g/mol. The quantitative estimate of drug-likeness (QED) is 0.732. The number of carbonyl (C=O) groups is 2. The Labute approximate surface area is 176 Å². The van der Waals surface area contributed by atoms with Gasteiger partial charge in [-0.1, -0.05) is 48.5 Å². The van der Waals surface area contributed by atoms with Crippen molar-refractivity contribution in [1.29, 1.82) is 0 Å². The van der Waals surface area contributed by atoms with Crippen LogP contribution in [0.4, 0.5) is 0 Å². The topological polar surface area (TPSA) is 87.1 Å². The van der Waals surface area contributed by atoms with Crippen molar-refractivity contribution in [3.63, 3.8) is 0 Å². The second kappa shape index (κ2) is 8.71. The van der Waals surface area contributed by atoms with Crippen LogP contribution in [0.5, 0.6) is 0 Å². The maximum Gasteiger partial charge on any atom is 0.319 e. The normalized spacial score (nSPS) is 19.7. The van der Waals surface area contributed by atoms with Crippen molar-refractivity contribution in [3.05, 3.63) is 82.2 Å². The number of aryl methyl sites for hydroxylation is 2. The van der Waals surface area contributed by atoms with Gasteiger partial charge in [0, 0.05) is 6.92 Å². The van der Waals surface area contributed by atoms with Gasteiger partial charge >= 0.3 is 5.97 Å². The van der Waals surface area contributed by atoms with Gasteiger partial charge in [-0.2, -0.15) is 0 Å². The Morgan fingerprint density at radius 3 is 2.23 bits per heavy atom. The molecule has 0 saturated carbocycles. The highest BCUT2D eigenvalue weighted by Crippen LogP contribution is 2.48. The van der Waals surface area contributed by atoms with E-state index < -0.39 is 24.0 Å². The molecule has 3 unspecified atom stereocenters. The lowest BCUT2D eigenvalue weighted by molar-refractivity contribution is -0.149. The number of hydrogen-bond acceptors (Lipinski definition) is 5. The van der Waals surface area contributed by atoms with Crippen LogP contribution in [0.25, 0.3) is 0 Å². The first-order chi connectivity index (χ1) is 14.3. The Hall–Kier alpha value is -3.12. The molecule has 0 saturated heterocycles. The molecule has 0 radical (unpaired) electrons. The van der Waals surface area contributed by atoms with Crippen molar-refractivity contribution in [3.8, 4) is 0 Å². The van der Waals surface area contributed by atoms with Crippen LogP contribution >= 0.6 is 0 Å². The minimum Gasteiger partial charge on any atom is -0.509 e. The molecule has 30 heavy (non-hydrogen) atoms. The lowest BCUT2D eigenvalue weighted by Gasteiger charge is -2.31. The molecule has 2 N–H and O–H groups in total. The van der Waals surface area contributed by atoms with Crippen molar-refractivity contribution in [2.75, 3.05) is 6.61 Å². The number of carbonyl (C=O) groups excluding carboxylic acids is 2. The van der Waals surface area contributed by atoms with Crippen LogP contribution in [0.15, 0.2) is 60.0 Å². The maximum absolute atomic E-state index is 12.9. The molecule has 2 aromatic carbocycles. The number of aliphatic hydroxyl groups is 2. The molecule has 0 spiro atoms. The lowest BCUT2D eigenvalue weighted by atomic mass is 9.90. The summed E-state index contributed by atoms with van der Waals surface area (Å²) in [5.74, 6) is -2.48. The average molecular weight is 409 g/mol. The van der Waals surface area contributed by atoms with Gasteiger partial charge in [0.15, 0.2) is 0 Å². The zero-order chi connectivity index (χ0) is 22.0. The zero-order valence-electron chi connectivity index (χ0n) is 17.6. The fourth-order valence-corrected chi connectivity index (χ4v) is 4.12. The molecule has 1 heterocycles. The van der Waals surface area contributed by atoms with E-state index in [-0.39, 0.29) is 24.0 Å². The highest BCUT2D eigenvalue weighted by atomic mass is 16.5. The smallest absolute Gasteiger partial charge is 0.319 e. The standard InChI is InChI=1S/C24H27NO5/c1-5-30-24(29)19-20(17-12-8-6-10-14(17)2)25(16(4)26)21(23(19)28)22(27)18-13-9-7-11-15(18)3/h6-13,19-20,22,27-28H,5H2,1-4H3. The number of ether oxygens (including phenoxy) is 1. The molecule has 0 aliphatic carbocycles. The van der Waals surface area contributed by atoms with Gasteiger partial charge in [0.05, 0.1) is 18.3 Å². The van der Waals surface area contributed by atoms with Gasteiger partial charge in [0.1, 0.15) is 17.8 Å². The van der Waals surface area contributed by atoms with Crippen LogP contribution in [0, 0.1) is 19.8 Å². The third kappa shape index (κ3) is 3.71. The third-order valence-corrected chi connectivity index (χ3v) is 5.54. The Morgan fingerprint density at radius 1 is 1.07 bits per heavy atom.